The molecule has 19 nitrogen and oxygen atoms in total. The van der Waals surface area contributed by atoms with Crippen LogP contribution in [0.25, 0.3) is 0 Å². The minimum Gasteiger partial charge on any atom is -0.462 e. The van der Waals surface area contributed by atoms with E-state index in [0.717, 1.165) is 0 Å². The molecule has 3 heterocycles. The number of ether oxygens (including phenoxy) is 4. The van der Waals surface area contributed by atoms with Gasteiger partial charge in [-0.2, -0.15) is 0 Å². The normalized spacial score (nSPS) is 42.9. The molecule has 11 unspecified atom stereocenters. The Kier molecular flexibility index (Phi) is 26.3. The molecule has 410 valence electrons. The van der Waals surface area contributed by atoms with E-state index in [-0.39, 0.29) is 31.6 Å². The number of cyclic esters (lactones) is 1. The van der Waals surface area contributed by atoms with E-state index in [1.165, 1.54) is 0 Å². The van der Waals surface area contributed by atoms with Gasteiger partial charge in [-0.1, -0.05) is 120 Å². The summed E-state index contributed by atoms with van der Waals surface area (Å²) in [6.07, 6.45) is 3.98. The maximum Gasteiger partial charge on any atom is 0.308 e. The quantitative estimate of drug-likeness (QED) is 0.172. The SMILES string of the molecule is C[C@@H]1OC(=O)CC(O)CC(O)CCC(O)C(O)CC(O)CC2(O)C[C@H](O)C(C(=O)NC(CO)C(C)(C)C)[C@H](CC(O[C@@H]3O[C@H](C)C(O)[C@H](N)[C@@H]3O)/C=C/C=C/C=C/C=C/C=C/C=C/C=C/[C@H](C)C(O)[C@H]1C)O2. The minimum atomic E-state index is -2.32. The van der Waals surface area contributed by atoms with Crippen molar-refractivity contribution in [2.45, 2.75) is 203 Å². The fourth-order valence-corrected chi connectivity index (χ4v) is 8.79. The summed E-state index contributed by atoms with van der Waals surface area (Å²) >= 11 is 0. The van der Waals surface area contributed by atoms with Crippen molar-refractivity contribution in [2.24, 2.45) is 28.9 Å². The number of aliphatic hydroxyl groups is 11. The highest BCUT2D eigenvalue weighted by Gasteiger charge is 2.51. The minimum absolute atomic E-state index is 0.108. The van der Waals surface area contributed by atoms with Crippen molar-refractivity contribution in [1.82, 2.24) is 5.32 Å². The van der Waals surface area contributed by atoms with Crippen LogP contribution in [-0.4, -0.2) is 178 Å². The van der Waals surface area contributed by atoms with Crippen molar-refractivity contribution >= 4 is 11.9 Å². The number of aliphatic hydroxyl groups excluding tert-OH is 10. The first kappa shape index (κ1) is 62.8. The molecule has 0 saturated carbocycles. The summed E-state index contributed by atoms with van der Waals surface area (Å²) in [7, 11) is 0. The standard InChI is InChI=1S/C53H86N2O17/c1-31-20-18-16-14-12-10-8-9-11-13-15-17-19-21-38(71-51-49(66)46(54)48(65)34(4)70-51)27-42-45(50(67)55-43(30-56)52(5,6)7)41(62)29-53(68,72-42)28-37(59)25-40(61)39(60)23-22-35(57)24-36(58)26-44(63)69-33(3)32(2)47(31)64/h8-21,31-43,45-49,51,56-62,64-66,68H,22-30,54H2,1-7H3,(H,55,67)/b9-8+,12-10+,13-11+,16-14+,17-15+,20-18+,21-19+/t31-,32-,33-,34+,35?,36?,37?,38?,39?,40?,41-,42-,43?,45?,46-,47?,48?,49-,51-,53?/m0/s1. The topological polar surface area (TPSA) is 332 Å². The number of esters is 1. The molecule has 2 fully saturated rings. The molecule has 3 aliphatic rings. The average molecular weight is 1020 g/mol. The largest absolute Gasteiger partial charge is 0.462 e. The molecule has 3 aliphatic heterocycles. The van der Waals surface area contributed by atoms with E-state index in [2.05, 4.69) is 5.32 Å². The van der Waals surface area contributed by atoms with E-state index < -0.39 is 165 Å². The number of nitrogens with one attached hydrogen (secondary N) is 1. The first-order valence-electron chi connectivity index (χ1n) is 25.1. The number of amides is 1. The highest BCUT2D eigenvalue weighted by Crippen LogP contribution is 2.39. The first-order valence-corrected chi connectivity index (χ1v) is 25.1. The maximum absolute atomic E-state index is 14.1. The Balaban J connectivity index is 1.97. The molecule has 14 N–H and O–H groups in total. The average Bonchev–Trinajstić information content (AvgIpc) is 3.28. The van der Waals surface area contributed by atoms with Gasteiger partial charge in [0.25, 0.3) is 0 Å². The predicted molar refractivity (Wildman–Crippen MR) is 268 cm³/mol. The maximum atomic E-state index is 14.1. The fraction of sp³-hybridized carbons (Fsp3) is 0.698. The lowest BCUT2D eigenvalue weighted by molar-refractivity contribution is -0.307. The van der Waals surface area contributed by atoms with Crippen LogP contribution < -0.4 is 11.1 Å². The van der Waals surface area contributed by atoms with Gasteiger partial charge < -0.3 is 86.2 Å². The smallest absolute Gasteiger partial charge is 0.308 e. The third-order valence-corrected chi connectivity index (χ3v) is 13.6. The van der Waals surface area contributed by atoms with Crippen molar-refractivity contribution in [3.8, 4) is 0 Å². The van der Waals surface area contributed by atoms with Gasteiger partial charge in [0.1, 0.15) is 12.2 Å². The second kappa shape index (κ2) is 30.2. The van der Waals surface area contributed by atoms with Gasteiger partial charge in [-0.25, -0.2) is 0 Å². The molecule has 72 heavy (non-hydrogen) atoms. The highest BCUT2D eigenvalue weighted by atomic mass is 16.7. The molecule has 0 aromatic carbocycles. The highest BCUT2D eigenvalue weighted by molar-refractivity contribution is 5.80. The molecule has 2 bridgehead atoms. The van der Waals surface area contributed by atoms with Crippen LogP contribution in [0.2, 0.25) is 0 Å². The zero-order valence-corrected chi connectivity index (χ0v) is 42.9. The molecule has 1 amide bonds. The summed E-state index contributed by atoms with van der Waals surface area (Å²) in [5, 5.41) is 123. The summed E-state index contributed by atoms with van der Waals surface area (Å²) in [5.74, 6) is -5.89. The van der Waals surface area contributed by atoms with Gasteiger partial charge in [0, 0.05) is 37.5 Å². The van der Waals surface area contributed by atoms with Gasteiger partial charge in [-0.15, -0.1) is 0 Å². The number of carbonyl (C=O) groups is 2. The molecule has 0 aromatic heterocycles. The molecular weight excluding hydrogens is 937 g/mol. The van der Waals surface area contributed by atoms with Crippen LogP contribution in [0.15, 0.2) is 85.1 Å². The molecule has 0 radical (unpaired) electrons. The number of fused-ring (bicyclic) bond motifs is 2. The van der Waals surface area contributed by atoms with Crippen LogP contribution in [0.5, 0.6) is 0 Å². The number of hydrogen-bond donors (Lipinski definition) is 13. The predicted octanol–water partition coefficient (Wildman–Crippen LogP) is 1.15. The summed E-state index contributed by atoms with van der Waals surface area (Å²) in [6.45, 7) is 11.8. The summed E-state index contributed by atoms with van der Waals surface area (Å²) in [5.41, 5.74) is 5.50. The van der Waals surface area contributed by atoms with E-state index in [9.17, 15) is 65.8 Å². The Morgan fingerprint density at radius 2 is 1.29 bits per heavy atom. The molecular formula is C53H86N2O17. The third-order valence-electron chi connectivity index (χ3n) is 13.6. The van der Waals surface area contributed by atoms with Crippen LogP contribution in [0.1, 0.15) is 99.8 Å². The Morgan fingerprint density at radius 1 is 0.722 bits per heavy atom. The molecule has 0 spiro atoms. The van der Waals surface area contributed by atoms with Crippen molar-refractivity contribution in [3.63, 3.8) is 0 Å². The number of carbonyl (C=O) groups excluding carboxylic acids is 2. The van der Waals surface area contributed by atoms with Crippen molar-refractivity contribution in [2.75, 3.05) is 6.61 Å². The number of rotatable bonds is 5. The second-order valence-electron chi connectivity index (χ2n) is 20.8. The van der Waals surface area contributed by atoms with Crippen LogP contribution in [0, 0.1) is 23.2 Å². The number of nitrogens with two attached hydrogens (primary N) is 1. The number of hydrogen-bond acceptors (Lipinski definition) is 18. The van der Waals surface area contributed by atoms with E-state index >= 15 is 0 Å². The van der Waals surface area contributed by atoms with E-state index in [0.29, 0.717) is 0 Å². The lowest BCUT2D eigenvalue weighted by atomic mass is 9.81. The second-order valence-corrected chi connectivity index (χ2v) is 20.8. The Hall–Kier alpha value is -3.48. The molecule has 2 saturated heterocycles. The summed E-state index contributed by atoms with van der Waals surface area (Å²) in [4.78, 5) is 26.8. The molecule has 20 atom stereocenters. The lowest BCUT2D eigenvalue weighted by Gasteiger charge is -2.46. The number of allylic oxidation sites excluding steroid dienone is 12. The van der Waals surface area contributed by atoms with Gasteiger partial charge in [0.05, 0.1) is 98.2 Å². The van der Waals surface area contributed by atoms with Gasteiger partial charge in [-0.05, 0) is 38.5 Å². The molecule has 0 aromatic rings. The van der Waals surface area contributed by atoms with Crippen LogP contribution in [0.3, 0.4) is 0 Å². The summed E-state index contributed by atoms with van der Waals surface area (Å²) < 4.78 is 23.8. The van der Waals surface area contributed by atoms with E-state index in [1.54, 1.807) is 96.2 Å². The molecule has 3 rings (SSSR count). The lowest BCUT2D eigenvalue weighted by Crippen LogP contribution is -2.62. The van der Waals surface area contributed by atoms with Crippen molar-refractivity contribution in [1.29, 1.82) is 0 Å². The Bertz CT molecular complexity index is 1850. The molecule has 0 aliphatic carbocycles. The van der Waals surface area contributed by atoms with Gasteiger partial charge in [0.2, 0.25) is 5.91 Å². The molecule has 19 heteroatoms. The van der Waals surface area contributed by atoms with Gasteiger partial charge in [-0.3, -0.25) is 9.59 Å². The van der Waals surface area contributed by atoms with E-state index in [1.807, 2.05) is 37.3 Å². The van der Waals surface area contributed by atoms with Crippen LogP contribution >= 0.6 is 0 Å². The van der Waals surface area contributed by atoms with E-state index in [4.69, 9.17) is 24.7 Å². The van der Waals surface area contributed by atoms with Crippen LogP contribution in [0.4, 0.5) is 0 Å². The zero-order chi connectivity index (χ0) is 53.9. The van der Waals surface area contributed by atoms with Crippen molar-refractivity contribution in [3.05, 3.63) is 85.1 Å². The van der Waals surface area contributed by atoms with Crippen molar-refractivity contribution < 1.29 is 84.7 Å². The Labute approximate surface area is 424 Å². The monoisotopic (exact) mass is 1020 g/mol. The first-order chi connectivity index (χ1) is 33.8. The van der Waals surface area contributed by atoms with Gasteiger partial charge >= 0.3 is 5.97 Å². The third kappa shape index (κ3) is 20.7. The van der Waals surface area contributed by atoms with Crippen LogP contribution in [-0.2, 0) is 28.5 Å². The Morgan fingerprint density at radius 3 is 1.86 bits per heavy atom. The fourth-order valence-electron chi connectivity index (χ4n) is 8.79. The van der Waals surface area contributed by atoms with Gasteiger partial charge in [0.15, 0.2) is 12.1 Å². The zero-order valence-electron chi connectivity index (χ0n) is 42.9. The summed E-state index contributed by atoms with van der Waals surface area (Å²) in [6, 6.07) is -1.92.